The minimum atomic E-state index is -0.464. The van der Waals surface area contributed by atoms with Crippen LogP contribution in [0.3, 0.4) is 0 Å². The summed E-state index contributed by atoms with van der Waals surface area (Å²) in [7, 11) is 1.87. The number of anilines is 1. The van der Waals surface area contributed by atoms with Crippen LogP contribution in [0.5, 0.6) is 0 Å². The Hall–Kier alpha value is -1.88. The second-order valence-electron chi connectivity index (χ2n) is 5.88. The van der Waals surface area contributed by atoms with Gasteiger partial charge in [-0.15, -0.1) is 0 Å². The van der Waals surface area contributed by atoms with Gasteiger partial charge in [-0.1, -0.05) is 0 Å². The molecule has 0 bridgehead atoms. The molecule has 1 aliphatic rings. The maximum atomic E-state index is 10.4. The number of aryl methyl sites for hydroxylation is 2. The van der Waals surface area contributed by atoms with Gasteiger partial charge in [-0.25, -0.2) is 4.98 Å². The summed E-state index contributed by atoms with van der Waals surface area (Å²) in [5.41, 5.74) is 2.11. The highest BCUT2D eigenvalue weighted by atomic mass is 16.3. The van der Waals surface area contributed by atoms with Gasteiger partial charge in [0.05, 0.1) is 12.3 Å². The van der Waals surface area contributed by atoms with Crippen molar-refractivity contribution in [3.8, 4) is 0 Å². The van der Waals surface area contributed by atoms with Crippen molar-refractivity contribution in [1.29, 1.82) is 0 Å². The highest BCUT2D eigenvalue weighted by Crippen LogP contribution is 2.30. The lowest BCUT2D eigenvalue weighted by Gasteiger charge is -2.27. The summed E-state index contributed by atoms with van der Waals surface area (Å²) < 4.78 is 1.73. The van der Waals surface area contributed by atoms with Crippen molar-refractivity contribution in [1.82, 2.24) is 14.8 Å². The zero-order chi connectivity index (χ0) is 14.8. The molecule has 0 aliphatic carbocycles. The number of nitrogens with zero attached hydrogens (tertiary/aromatic N) is 4. The monoisotopic (exact) mass is 286 g/mol. The molecule has 21 heavy (non-hydrogen) atoms. The standard InChI is InChI=1S/C16H22N4O/c1-12-5-6-17-16(8-12)20-7-3-4-14(20)9-15(21)13-10-18-19(2)11-13/h5-6,8,10-11,14-15,21H,3-4,7,9H2,1-2H3. The van der Waals surface area contributed by atoms with E-state index in [1.165, 1.54) is 5.56 Å². The molecular formula is C16H22N4O. The van der Waals surface area contributed by atoms with Crippen LogP contribution < -0.4 is 4.90 Å². The van der Waals surface area contributed by atoms with Crippen molar-refractivity contribution >= 4 is 5.82 Å². The molecule has 0 radical (unpaired) electrons. The summed E-state index contributed by atoms with van der Waals surface area (Å²) in [5.74, 6) is 1.02. The van der Waals surface area contributed by atoms with Gasteiger partial charge in [0.1, 0.15) is 5.82 Å². The molecule has 5 heteroatoms. The fraction of sp³-hybridized carbons (Fsp3) is 0.500. The van der Waals surface area contributed by atoms with Gasteiger partial charge in [0, 0.05) is 37.6 Å². The van der Waals surface area contributed by atoms with E-state index in [4.69, 9.17) is 0 Å². The summed E-state index contributed by atoms with van der Waals surface area (Å²) >= 11 is 0. The molecule has 3 rings (SSSR count). The van der Waals surface area contributed by atoms with Gasteiger partial charge in [0.2, 0.25) is 0 Å². The van der Waals surface area contributed by atoms with E-state index in [0.717, 1.165) is 37.2 Å². The first-order chi connectivity index (χ1) is 10.1. The molecule has 112 valence electrons. The Morgan fingerprint density at radius 2 is 2.33 bits per heavy atom. The maximum Gasteiger partial charge on any atom is 0.128 e. The lowest BCUT2D eigenvalue weighted by Crippen LogP contribution is -2.31. The van der Waals surface area contributed by atoms with E-state index >= 15 is 0 Å². The lowest BCUT2D eigenvalue weighted by molar-refractivity contribution is 0.158. The van der Waals surface area contributed by atoms with Crippen LogP contribution in [0, 0.1) is 6.92 Å². The molecule has 3 heterocycles. The van der Waals surface area contributed by atoms with E-state index in [9.17, 15) is 5.11 Å². The Balaban J connectivity index is 1.72. The molecule has 0 saturated carbocycles. The van der Waals surface area contributed by atoms with Crippen LogP contribution in [0.1, 0.15) is 36.5 Å². The highest BCUT2D eigenvalue weighted by Gasteiger charge is 2.28. The molecular weight excluding hydrogens is 264 g/mol. The number of aliphatic hydroxyl groups excluding tert-OH is 1. The first-order valence-electron chi connectivity index (χ1n) is 7.49. The van der Waals surface area contributed by atoms with Crippen molar-refractivity contribution in [3.63, 3.8) is 0 Å². The highest BCUT2D eigenvalue weighted by molar-refractivity contribution is 5.43. The van der Waals surface area contributed by atoms with Gasteiger partial charge in [-0.05, 0) is 43.9 Å². The third-order valence-electron chi connectivity index (χ3n) is 4.18. The van der Waals surface area contributed by atoms with Crippen molar-refractivity contribution < 1.29 is 5.11 Å². The second-order valence-corrected chi connectivity index (χ2v) is 5.88. The summed E-state index contributed by atoms with van der Waals surface area (Å²) in [6, 6.07) is 4.47. The number of aromatic nitrogens is 3. The Morgan fingerprint density at radius 1 is 1.48 bits per heavy atom. The SMILES string of the molecule is Cc1ccnc(N2CCCC2CC(O)c2cnn(C)c2)c1. The van der Waals surface area contributed by atoms with E-state index in [1.807, 2.05) is 25.5 Å². The fourth-order valence-electron chi connectivity index (χ4n) is 3.07. The Bertz CT molecular complexity index is 610. The van der Waals surface area contributed by atoms with E-state index in [1.54, 1.807) is 10.9 Å². The average Bonchev–Trinajstić information content (AvgIpc) is 3.08. The molecule has 1 saturated heterocycles. The molecule has 1 fully saturated rings. The third kappa shape index (κ3) is 3.08. The van der Waals surface area contributed by atoms with Crippen molar-refractivity contribution in [2.24, 2.45) is 7.05 Å². The normalized spacial score (nSPS) is 20.0. The molecule has 2 unspecified atom stereocenters. The molecule has 2 aromatic heterocycles. The average molecular weight is 286 g/mol. The Kier molecular flexibility index (Phi) is 3.92. The van der Waals surface area contributed by atoms with Crippen molar-refractivity contribution in [2.45, 2.75) is 38.3 Å². The van der Waals surface area contributed by atoms with Crippen molar-refractivity contribution in [3.05, 3.63) is 41.9 Å². The summed E-state index contributed by atoms with van der Waals surface area (Å²) in [6.45, 7) is 3.10. The fourth-order valence-corrected chi connectivity index (χ4v) is 3.07. The summed E-state index contributed by atoms with van der Waals surface area (Å²) in [4.78, 5) is 6.81. The topological polar surface area (TPSA) is 54.2 Å². The minimum absolute atomic E-state index is 0.342. The van der Waals surface area contributed by atoms with E-state index in [-0.39, 0.29) is 0 Å². The van der Waals surface area contributed by atoms with Gasteiger partial charge in [-0.3, -0.25) is 4.68 Å². The molecule has 0 aromatic carbocycles. The molecule has 1 N–H and O–H groups in total. The zero-order valence-electron chi connectivity index (χ0n) is 12.6. The predicted molar refractivity (Wildman–Crippen MR) is 82.1 cm³/mol. The third-order valence-corrected chi connectivity index (χ3v) is 4.18. The first-order valence-corrected chi connectivity index (χ1v) is 7.49. The van der Waals surface area contributed by atoms with Crippen LogP contribution in [0.2, 0.25) is 0 Å². The van der Waals surface area contributed by atoms with E-state index in [2.05, 4.69) is 28.0 Å². The molecule has 2 atom stereocenters. The van der Waals surface area contributed by atoms with Gasteiger partial charge >= 0.3 is 0 Å². The van der Waals surface area contributed by atoms with Gasteiger partial charge in [0.15, 0.2) is 0 Å². The second kappa shape index (κ2) is 5.85. The minimum Gasteiger partial charge on any atom is -0.388 e. The maximum absolute atomic E-state index is 10.4. The molecule has 5 nitrogen and oxygen atoms in total. The number of hydrogen-bond acceptors (Lipinski definition) is 4. The molecule has 2 aromatic rings. The molecule has 0 amide bonds. The van der Waals surface area contributed by atoms with Gasteiger partial charge < -0.3 is 10.0 Å². The molecule has 1 aliphatic heterocycles. The van der Waals surface area contributed by atoms with Crippen LogP contribution in [-0.2, 0) is 7.05 Å². The van der Waals surface area contributed by atoms with E-state index in [0.29, 0.717) is 6.04 Å². The van der Waals surface area contributed by atoms with Crippen LogP contribution >= 0.6 is 0 Å². The number of rotatable bonds is 4. The van der Waals surface area contributed by atoms with E-state index < -0.39 is 6.10 Å². The lowest BCUT2D eigenvalue weighted by atomic mass is 10.0. The number of aliphatic hydroxyl groups is 1. The first kappa shape index (κ1) is 14.1. The zero-order valence-corrected chi connectivity index (χ0v) is 12.6. The quantitative estimate of drug-likeness (QED) is 0.936. The predicted octanol–water partition coefficient (Wildman–Crippen LogP) is 2.22. The van der Waals surface area contributed by atoms with Crippen LogP contribution in [-0.4, -0.2) is 32.5 Å². The Morgan fingerprint density at radius 3 is 3.05 bits per heavy atom. The largest absolute Gasteiger partial charge is 0.388 e. The number of pyridine rings is 1. The van der Waals surface area contributed by atoms with Crippen LogP contribution in [0.25, 0.3) is 0 Å². The smallest absolute Gasteiger partial charge is 0.128 e. The number of hydrogen-bond donors (Lipinski definition) is 1. The van der Waals surface area contributed by atoms with Crippen molar-refractivity contribution in [2.75, 3.05) is 11.4 Å². The Labute approximate surface area is 125 Å². The summed E-state index contributed by atoms with van der Waals surface area (Å²) in [5, 5.41) is 14.5. The van der Waals surface area contributed by atoms with Gasteiger partial charge in [-0.2, -0.15) is 5.10 Å². The molecule has 0 spiro atoms. The van der Waals surface area contributed by atoms with Crippen LogP contribution in [0.4, 0.5) is 5.82 Å². The summed E-state index contributed by atoms with van der Waals surface area (Å²) in [6.07, 6.45) is 8.00. The van der Waals surface area contributed by atoms with Gasteiger partial charge in [0.25, 0.3) is 0 Å². The van der Waals surface area contributed by atoms with Crippen LogP contribution in [0.15, 0.2) is 30.7 Å².